The Morgan fingerprint density at radius 3 is 2.26 bits per heavy atom. The number of amides is 3. The lowest BCUT2D eigenvalue weighted by Crippen LogP contribution is -2.47. The summed E-state index contributed by atoms with van der Waals surface area (Å²) in [6, 6.07) is 20.0. The van der Waals surface area contributed by atoms with Gasteiger partial charge in [0.1, 0.15) is 5.75 Å². The number of para-hydroxylation sites is 2. The second-order valence-corrected chi connectivity index (χ2v) is 11.0. The number of rotatable bonds is 11. The van der Waals surface area contributed by atoms with Crippen LogP contribution < -0.4 is 15.0 Å². The average molecular weight is 571 g/mol. The number of nitrogens with one attached hydrogen (secondary N) is 1. The third-order valence-electron chi connectivity index (χ3n) is 7.70. The summed E-state index contributed by atoms with van der Waals surface area (Å²) in [7, 11) is 3.80. The van der Waals surface area contributed by atoms with E-state index in [2.05, 4.69) is 17.3 Å². The smallest absolute Gasteiger partial charge is 0.258 e. The van der Waals surface area contributed by atoms with Gasteiger partial charge in [0.05, 0.1) is 12.3 Å². The zero-order chi connectivity index (χ0) is 30.1. The van der Waals surface area contributed by atoms with Crippen LogP contribution >= 0.6 is 0 Å². The van der Waals surface area contributed by atoms with E-state index < -0.39 is 0 Å². The van der Waals surface area contributed by atoms with Gasteiger partial charge in [-0.05, 0) is 88.2 Å². The highest BCUT2D eigenvalue weighted by Gasteiger charge is 2.19. The Kier molecular flexibility index (Phi) is 10.7. The number of ether oxygens (including phenoxy) is 1. The van der Waals surface area contributed by atoms with Crippen molar-refractivity contribution in [3.8, 4) is 5.75 Å². The zero-order valence-corrected chi connectivity index (χ0v) is 25.2. The van der Waals surface area contributed by atoms with Crippen molar-refractivity contribution in [2.45, 2.75) is 39.5 Å². The van der Waals surface area contributed by atoms with Crippen molar-refractivity contribution >= 4 is 29.1 Å². The summed E-state index contributed by atoms with van der Waals surface area (Å²) in [4.78, 5) is 44.3. The first-order chi connectivity index (χ1) is 20.2. The van der Waals surface area contributed by atoms with E-state index in [0.717, 1.165) is 62.3 Å². The van der Waals surface area contributed by atoms with E-state index >= 15 is 0 Å². The number of unbranched alkanes of at least 4 members (excludes halogenated alkanes) is 2. The number of anilines is 2. The van der Waals surface area contributed by atoms with Gasteiger partial charge in [-0.25, -0.2) is 0 Å². The van der Waals surface area contributed by atoms with E-state index in [1.165, 1.54) is 0 Å². The molecule has 1 fully saturated rings. The fourth-order valence-corrected chi connectivity index (χ4v) is 5.02. The minimum absolute atomic E-state index is 0.199. The summed E-state index contributed by atoms with van der Waals surface area (Å²) in [5, 5.41) is 2.94. The first-order valence-electron chi connectivity index (χ1n) is 14.7. The van der Waals surface area contributed by atoms with Crippen molar-refractivity contribution in [1.29, 1.82) is 0 Å². The Labute approximate surface area is 249 Å². The maximum Gasteiger partial charge on any atom is 0.258 e. The van der Waals surface area contributed by atoms with Crippen LogP contribution in [0.15, 0.2) is 66.7 Å². The lowest BCUT2D eigenvalue weighted by atomic mass is 10.1. The second kappa shape index (κ2) is 14.6. The Bertz CT molecular complexity index is 1380. The molecule has 1 saturated heterocycles. The van der Waals surface area contributed by atoms with Gasteiger partial charge in [0.2, 0.25) is 5.91 Å². The number of nitrogens with zero attached hydrogens (tertiary/aromatic N) is 3. The van der Waals surface area contributed by atoms with E-state index in [1.807, 2.05) is 61.2 Å². The van der Waals surface area contributed by atoms with Crippen molar-refractivity contribution in [2.24, 2.45) is 0 Å². The summed E-state index contributed by atoms with van der Waals surface area (Å²) in [5.41, 5.74) is 4.51. The summed E-state index contributed by atoms with van der Waals surface area (Å²) in [5.74, 6) is 0.447. The molecule has 1 aliphatic rings. The molecule has 1 aliphatic heterocycles. The summed E-state index contributed by atoms with van der Waals surface area (Å²) in [6.07, 6.45) is 3.14. The van der Waals surface area contributed by atoms with Crippen LogP contribution in [-0.4, -0.2) is 74.4 Å². The number of benzene rings is 3. The van der Waals surface area contributed by atoms with Gasteiger partial charge in [0.25, 0.3) is 11.8 Å². The molecule has 3 aromatic carbocycles. The molecule has 42 heavy (non-hydrogen) atoms. The molecule has 0 unspecified atom stereocenters. The molecule has 3 amide bonds. The average Bonchev–Trinajstić information content (AvgIpc) is 3.00. The van der Waals surface area contributed by atoms with E-state index in [0.29, 0.717) is 35.6 Å². The molecule has 1 N–H and O–H groups in total. The molecule has 0 atom stereocenters. The molecule has 8 nitrogen and oxygen atoms in total. The third kappa shape index (κ3) is 8.19. The predicted octanol–water partition coefficient (Wildman–Crippen LogP) is 5.55. The van der Waals surface area contributed by atoms with E-state index in [1.54, 1.807) is 36.2 Å². The number of likely N-dealkylation sites (N-methyl/N-ethyl adjacent to an activating group) is 1. The topological polar surface area (TPSA) is 82.2 Å². The molecule has 3 aromatic rings. The number of carbonyl (C=O) groups excluding carboxylic acids is 3. The van der Waals surface area contributed by atoms with Crippen LogP contribution in [0, 0.1) is 13.8 Å². The van der Waals surface area contributed by atoms with Gasteiger partial charge < -0.3 is 24.8 Å². The molecule has 0 spiro atoms. The number of hydrogen-bond acceptors (Lipinski definition) is 5. The molecular weight excluding hydrogens is 528 g/mol. The van der Waals surface area contributed by atoms with Gasteiger partial charge in [-0.3, -0.25) is 14.4 Å². The molecule has 0 saturated carbocycles. The molecule has 8 heteroatoms. The quantitative estimate of drug-likeness (QED) is 0.306. The fraction of sp³-hybridized carbons (Fsp3) is 0.382. The minimum Gasteiger partial charge on any atom is -0.491 e. The van der Waals surface area contributed by atoms with Crippen molar-refractivity contribution in [2.75, 3.05) is 57.1 Å². The summed E-state index contributed by atoms with van der Waals surface area (Å²) in [6.45, 7) is 7.98. The van der Waals surface area contributed by atoms with Crippen molar-refractivity contribution in [1.82, 2.24) is 9.80 Å². The highest BCUT2D eigenvalue weighted by Crippen LogP contribution is 2.29. The minimum atomic E-state index is -0.225. The SMILES string of the molecule is Cc1ccc(NC(=O)c2ccc(C(=O)N(C)c3ccccc3OCCCCCC(=O)N3CCN(C)CC3)cc2)c(C)c1. The second-order valence-electron chi connectivity index (χ2n) is 11.0. The van der Waals surface area contributed by atoms with Gasteiger partial charge in [0.15, 0.2) is 0 Å². The van der Waals surface area contributed by atoms with Crippen molar-refractivity contribution in [3.05, 3.63) is 89.0 Å². The molecule has 0 aromatic heterocycles. The maximum atomic E-state index is 13.3. The van der Waals surface area contributed by atoms with Gasteiger partial charge in [-0.2, -0.15) is 0 Å². The van der Waals surface area contributed by atoms with Gasteiger partial charge >= 0.3 is 0 Å². The molecule has 0 aliphatic carbocycles. The molecule has 0 radical (unpaired) electrons. The summed E-state index contributed by atoms with van der Waals surface area (Å²) < 4.78 is 6.06. The van der Waals surface area contributed by atoms with Gasteiger partial charge in [-0.1, -0.05) is 29.8 Å². The van der Waals surface area contributed by atoms with E-state index in [4.69, 9.17) is 4.74 Å². The third-order valence-corrected chi connectivity index (χ3v) is 7.70. The van der Waals surface area contributed by atoms with E-state index in [9.17, 15) is 14.4 Å². The number of hydrogen-bond donors (Lipinski definition) is 1. The van der Waals surface area contributed by atoms with Gasteiger partial charge in [-0.15, -0.1) is 0 Å². The zero-order valence-electron chi connectivity index (χ0n) is 25.2. The maximum absolute atomic E-state index is 13.3. The van der Waals surface area contributed by atoms with Gasteiger partial charge in [0, 0.05) is 56.5 Å². The van der Waals surface area contributed by atoms with Crippen LogP contribution in [0.3, 0.4) is 0 Å². The Balaban J connectivity index is 1.26. The first-order valence-corrected chi connectivity index (χ1v) is 14.7. The molecule has 0 bridgehead atoms. The molecule has 222 valence electrons. The Morgan fingerprint density at radius 1 is 0.857 bits per heavy atom. The van der Waals surface area contributed by atoms with Crippen LogP contribution in [0.4, 0.5) is 11.4 Å². The number of aryl methyl sites for hydroxylation is 2. The lowest BCUT2D eigenvalue weighted by molar-refractivity contribution is -0.132. The number of piperazine rings is 1. The van der Waals surface area contributed by atoms with Crippen LogP contribution in [-0.2, 0) is 4.79 Å². The van der Waals surface area contributed by atoms with Crippen LogP contribution in [0.2, 0.25) is 0 Å². The molecule has 1 heterocycles. The number of carbonyl (C=O) groups is 3. The highest BCUT2D eigenvalue weighted by atomic mass is 16.5. The van der Waals surface area contributed by atoms with E-state index in [-0.39, 0.29) is 17.7 Å². The van der Waals surface area contributed by atoms with Crippen molar-refractivity contribution < 1.29 is 19.1 Å². The Hall–Kier alpha value is -4.17. The standard InChI is InChI=1S/C34H42N4O4/c1-25-13-18-29(26(2)24-25)35-33(40)27-14-16-28(17-15-27)34(41)37(4)30-10-7-8-11-31(30)42-23-9-5-6-12-32(39)38-21-19-36(3)20-22-38/h7-8,10-11,13-18,24H,5-6,9,12,19-23H2,1-4H3,(H,35,40). The predicted molar refractivity (Wildman–Crippen MR) is 168 cm³/mol. The Morgan fingerprint density at radius 2 is 1.55 bits per heavy atom. The first kappa shape index (κ1) is 30.8. The normalized spacial score (nSPS) is 13.5. The largest absolute Gasteiger partial charge is 0.491 e. The van der Waals surface area contributed by atoms with Crippen LogP contribution in [0.1, 0.15) is 57.5 Å². The lowest BCUT2D eigenvalue weighted by Gasteiger charge is -2.32. The molecular formula is C34H42N4O4. The molecule has 4 rings (SSSR count). The van der Waals surface area contributed by atoms with Crippen LogP contribution in [0.25, 0.3) is 0 Å². The summed E-state index contributed by atoms with van der Waals surface area (Å²) >= 11 is 0. The fourth-order valence-electron chi connectivity index (χ4n) is 5.02. The highest BCUT2D eigenvalue weighted by molar-refractivity contribution is 6.08. The van der Waals surface area contributed by atoms with Crippen molar-refractivity contribution in [3.63, 3.8) is 0 Å². The monoisotopic (exact) mass is 570 g/mol. The van der Waals surface area contributed by atoms with Crippen LogP contribution in [0.5, 0.6) is 5.75 Å².